The number of rotatable bonds is 10. The largest absolute Gasteiger partial charge is 0.494 e. The third-order valence-electron chi connectivity index (χ3n) is 4.49. The first-order valence-corrected chi connectivity index (χ1v) is 11.0. The van der Waals surface area contributed by atoms with E-state index in [4.69, 9.17) is 9.47 Å². The smallest absolute Gasteiger partial charge is 0.249 e. The predicted octanol–water partition coefficient (Wildman–Crippen LogP) is 5.18. The summed E-state index contributed by atoms with van der Waals surface area (Å²) >= 11 is 0. The number of aromatic nitrogens is 1. The molecule has 1 heterocycles. The van der Waals surface area contributed by atoms with Gasteiger partial charge in [-0.25, -0.2) is 4.98 Å². The highest BCUT2D eigenvalue weighted by Crippen LogP contribution is 2.15. The standard InChI is InChI=1S/C27H27N3O4/c1-3-33-22-14-8-20(9-15-22)12-18-26(31)29-24-6-5-7-25(28-24)30-27(32)19-13-21-10-16-23(17-11-21)34-4-2/h5-19H,3-4H2,1-2H3,(H2,28,29,30,31,32)/b18-12+,19-13+. The van der Waals surface area contributed by atoms with Gasteiger partial charge in [0.05, 0.1) is 13.2 Å². The van der Waals surface area contributed by atoms with Crippen molar-refractivity contribution >= 4 is 35.6 Å². The first kappa shape index (κ1) is 24.3. The maximum absolute atomic E-state index is 12.2. The van der Waals surface area contributed by atoms with Crippen molar-refractivity contribution in [2.75, 3.05) is 23.8 Å². The summed E-state index contributed by atoms with van der Waals surface area (Å²) in [5.41, 5.74) is 1.73. The van der Waals surface area contributed by atoms with Crippen molar-refractivity contribution in [2.24, 2.45) is 0 Å². The molecule has 2 N–H and O–H groups in total. The topological polar surface area (TPSA) is 89.6 Å². The predicted molar refractivity (Wildman–Crippen MR) is 135 cm³/mol. The number of amides is 2. The van der Waals surface area contributed by atoms with Gasteiger partial charge in [-0.2, -0.15) is 0 Å². The fraction of sp³-hybridized carbons (Fsp3) is 0.148. The molecule has 1 aromatic heterocycles. The summed E-state index contributed by atoms with van der Waals surface area (Å²) in [6.07, 6.45) is 6.23. The maximum Gasteiger partial charge on any atom is 0.249 e. The first-order valence-electron chi connectivity index (χ1n) is 11.0. The van der Waals surface area contributed by atoms with Crippen molar-refractivity contribution in [3.8, 4) is 11.5 Å². The van der Waals surface area contributed by atoms with Gasteiger partial charge in [0.1, 0.15) is 23.1 Å². The number of benzene rings is 2. The average Bonchev–Trinajstić information content (AvgIpc) is 2.84. The molecule has 174 valence electrons. The van der Waals surface area contributed by atoms with Crippen LogP contribution >= 0.6 is 0 Å². The fourth-order valence-corrected chi connectivity index (χ4v) is 2.94. The van der Waals surface area contributed by atoms with Crippen LogP contribution in [0.4, 0.5) is 11.6 Å². The van der Waals surface area contributed by atoms with Gasteiger partial charge in [-0.05, 0) is 73.5 Å². The van der Waals surface area contributed by atoms with Crippen LogP contribution in [0.5, 0.6) is 11.5 Å². The number of nitrogens with zero attached hydrogens (tertiary/aromatic N) is 1. The van der Waals surface area contributed by atoms with E-state index >= 15 is 0 Å². The molecule has 0 fully saturated rings. The highest BCUT2D eigenvalue weighted by molar-refractivity contribution is 6.03. The molecule has 0 aliphatic heterocycles. The zero-order chi connectivity index (χ0) is 24.2. The van der Waals surface area contributed by atoms with Crippen molar-refractivity contribution in [3.05, 3.63) is 90.0 Å². The van der Waals surface area contributed by atoms with Gasteiger partial charge < -0.3 is 20.1 Å². The van der Waals surface area contributed by atoms with Crippen molar-refractivity contribution < 1.29 is 19.1 Å². The normalized spacial score (nSPS) is 10.9. The minimum Gasteiger partial charge on any atom is -0.494 e. The Morgan fingerprint density at radius 1 is 0.706 bits per heavy atom. The molecule has 0 aliphatic carbocycles. The van der Waals surface area contributed by atoms with Crippen LogP contribution in [-0.4, -0.2) is 30.0 Å². The van der Waals surface area contributed by atoms with Gasteiger partial charge in [0, 0.05) is 12.2 Å². The molecule has 2 amide bonds. The van der Waals surface area contributed by atoms with Crippen LogP contribution in [-0.2, 0) is 9.59 Å². The number of anilines is 2. The second-order valence-electron chi connectivity index (χ2n) is 7.06. The molecule has 3 rings (SSSR count). The van der Waals surface area contributed by atoms with Crippen LogP contribution < -0.4 is 20.1 Å². The van der Waals surface area contributed by atoms with E-state index in [0.717, 1.165) is 22.6 Å². The molecular formula is C27H27N3O4. The molecule has 0 unspecified atom stereocenters. The summed E-state index contributed by atoms with van der Waals surface area (Å²) in [4.78, 5) is 28.7. The number of hydrogen-bond acceptors (Lipinski definition) is 5. The minimum atomic E-state index is -0.333. The Morgan fingerprint density at radius 3 is 1.50 bits per heavy atom. The van der Waals surface area contributed by atoms with Gasteiger partial charge in [-0.15, -0.1) is 0 Å². The lowest BCUT2D eigenvalue weighted by molar-refractivity contribution is -0.112. The maximum atomic E-state index is 12.2. The average molecular weight is 458 g/mol. The second-order valence-corrected chi connectivity index (χ2v) is 7.06. The molecule has 7 nitrogen and oxygen atoms in total. The molecule has 0 aliphatic rings. The number of ether oxygens (including phenoxy) is 2. The number of pyridine rings is 1. The number of hydrogen-bond donors (Lipinski definition) is 2. The molecular weight excluding hydrogens is 430 g/mol. The van der Waals surface area contributed by atoms with E-state index in [1.165, 1.54) is 12.2 Å². The van der Waals surface area contributed by atoms with Gasteiger partial charge in [0.25, 0.3) is 0 Å². The lowest BCUT2D eigenvalue weighted by atomic mass is 10.2. The SMILES string of the molecule is CCOc1ccc(/C=C/C(=O)Nc2cccc(NC(=O)/C=C/c3ccc(OCC)cc3)n2)cc1. The Morgan fingerprint density at radius 2 is 1.12 bits per heavy atom. The number of carbonyl (C=O) groups excluding carboxylic acids is 2. The van der Waals surface area contributed by atoms with Crippen LogP contribution in [0.1, 0.15) is 25.0 Å². The highest BCUT2D eigenvalue weighted by Gasteiger charge is 2.04. The van der Waals surface area contributed by atoms with Gasteiger partial charge in [-0.3, -0.25) is 9.59 Å². The zero-order valence-corrected chi connectivity index (χ0v) is 19.2. The van der Waals surface area contributed by atoms with E-state index in [-0.39, 0.29) is 11.8 Å². The Labute approximate surface area is 199 Å². The van der Waals surface area contributed by atoms with Gasteiger partial charge in [-0.1, -0.05) is 30.3 Å². The molecule has 34 heavy (non-hydrogen) atoms. The van der Waals surface area contributed by atoms with Crippen LogP contribution in [0.2, 0.25) is 0 Å². The van der Waals surface area contributed by atoms with E-state index in [2.05, 4.69) is 15.6 Å². The molecule has 0 saturated heterocycles. The van der Waals surface area contributed by atoms with Gasteiger partial charge >= 0.3 is 0 Å². The first-order chi connectivity index (χ1) is 16.6. The highest BCUT2D eigenvalue weighted by atomic mass is 16.5. The lowest BCUT2D eigenvalue weighted by Gasteiger charge is -2.05. The fourth-order valence-electron chi connectivity index (χ4n) is 2.94. The van der Waals surface area contributed by atoms with Crippen LogP contribution in [0, 0.1) is 0 Å². The van der Waals surface area contributed by atoms with E-state index < -0.39 is 0 Å². The molecule has 2 aromatic carbocycles. The van der Waals surface area contributed by atoms with E-state index in [9.17, 15) is 9.59 Å². The van der Waals surface area contributed by atoms with E-state index in [1.54, 1.807) is 30.4 Å². The molecule has 0 spiro atoms. The summed E-state index contributed by atoms with van der Waals surface area (Å²) in [7, 11) is 0. The van der Waals surface area contributed by atoms with Crippen molar-refractivity contribution in [1.82, 2.24) is 4.98 Å². The summed E-state index contributed by atoms with van der Waals surface area (Å²) in [6.45, 7) is 5.05. The molecule has 3 aromatic rings. The number of carbonyl (C=O) groups is 2. The minimum absolute atomic E-state index is 0.328. The number of nitrogens with one attached hydrogen (secondary N) is 2. The van der Waals surface area contributed by atoms with Crippen LogP contribution in [0.25, 0.3) is 12.2 Å². The Hall–Kier alpha value is -4.39. The van der Waals surface area contributed by atoms with Crippen molar-refractivity contribution in [1.29, 1.82) is 0 Å². The lowest BCUT2D eigenvalue weighted by Crippen LogP contribution is -2.12. The Kier molecular flexibility index (Phi) is 8.99. The molecule has 0 atom stereocenters. The molecule has 0 saturated carbocycles. The zero-order valence-electron chi connectivity index (χ0n) is 19.2. The molecule has 0 radical (unpaired) electrons. The van der Waals surface area contributed by atoms with Crippen LogP contribution in [0.3, 0.4) is 0 Å². The summed E-state index contributed by atoms with van der Waals surface area (Å²) in [5, 5.41) is 5.38. The van der Waals surface area contributed by atoms with E-state index in [1.807, 2.05) is 62.4 Å². The Balaban J connectivity index is 1.53. The van der Waals surface area contributed by atoms with Gasteiger partial charge in [0.2, 0.25) is 11.8 Å². The third kappa shape index (κ3) is 7.94. The summed E-state index contributed by atoms with van der Waals surface area (Å²) in [6, 6.07) is 19.8. The van der Waals surface area contributed by atoms with Crippen LogP contribution in [0.15, 0.2) is 78.9 Å². The molecule has 0 bridgehead atoms. The third-order valence-corrected chi connectivity index (χ3v) is 4.49. The summed E-state index contributed by atoms with van der Waals surface area (Å²) in [5.74, 6) is 1.55. The monoisotopic (exact) mass is 457 g/mol. The Bertz CT molecular complexity index is 1060. The second kappa shape index (κ2) is 12.6. The van der Waals surface area contributed by atoms with Crippen molar-refractivity contribution in [3.63, 3.8) is 0 Å². The van der Waals surface area contributed by atoms with Gasteiger partial charge in [0.15, 0.2) is 0 Å². The summed E-state index contributed by atoms with van der Waals surface area (Å²) < 4.78 is 10.8. The molecule has 7 heteroatoms. The quantitative estimate of drug-likeness (QED) is 0.409. The van der Waals surface area contributed by atoms with Crippen molar-refractivity contribution in [2.45, 2.75) is 13.8 Å². The van der Waals surface area contributed by atoms with E-state index in [0.29, 0.717) is 24.8 Å².